The van der Waals surface area contributed by atoms with Crippen molar-refractivity contribution in [1.29, 1.82) is 0 Å². The Balaban J connectivity index is 1.99. The Bertz CT molecular complexity index is 1050. The third-order valence-corrected chi connectivity index (χ3v) is 7.52. The fraction of sp³-hybridized carbons (Fsp3) is 0.400. The van der Waals surface area contributed by atoms with Gasteiger partial charge < -0.3 is 9.88 Å². The second-order valence-corrected chi connectivity index (χ2v) is 10.00. The Kier molecular flexibility index (Phi) is 6.09. The van der Waals surface area contributed by atoms with Crippen molar-refractivity contribution in [3.8, 4) is 0 Å². The lowest BCUT2D eigenvalue weighted by Crippen LogP contribution is -2.39. The van der Waals surface area contributed by atoms with Gasteiger partial charge in [-0.05, 0) is 62.6 Å². The molecule has 1 aromatic heterocycles. The summed E-state index contributed by atoms with van der Waals surface area (Å²) in [5, 5.41) is 2.94. The van der Waals surface area contributed by atoms with Crippen LogP contribution in [0.15, 0.2) is 49.4 Å². The molecule has 28 heavy (non-hydrogen) atoms. The highest BCUT2D eigenvalue weighted by atomic mass is 79.9. The Morgan fingerprint density at radius 3 is 2.39 bits per heavy atom. The highest BCUT2D eigenvalue weighted by Crippen LogP contribution is 2.23. The third-order valence-electron chi connectivity index (χ3n) is 5.06. The lowest BCUT2D eigenvalue weighted by atomic mass is 10.2. The number of carbonyl (C=O) groups excluding carboxylic acids is 1. The van der Waals surface area contributed by atoms with Crippen LogP contribution in [0.1, 0.15) is 36.9 Å². The van der Waals surface area contributed by atoms with Crippen LogP contribution in [-0.4, -0.2) is 24.9 Å². The summed E-state index contributed by atoms with van der Waals surface area (Å²) in [6.45, 7) is 3.11. The molecule has 1 saturated carbocycles. The van der Waals surface area contributed by atoms with Gasteiger partial charge in [0.25, 0.3) is 5.56 Å². The van der Waals surface area contributed by atoms with Crippen molar-refractivity contribution in [3.05, 3.63) is 56.4 Å². The molecule has 1 heterocycles. The minimum atomic E-state index is -4.00. The zero-order chi connectivity index (χ0) is 20.5. The van der Waals surface area contributed by atoms with Crippen LogP contribution in [0, 0.1) is 13.8 Å². The first-order valence-electron chi connectivity index (χ1n) is 9.21. The van der Waals surface area contributed by atoms with Crippen LogP contribution in [0.25, 0.3) is 0 Å². The van der Waals surface area contributed by atoms with Gasteiger partial charge in [-0.2, -0.15) is 0 Å². The van der Waals surface area contributed by atoms with Crippen molar-refractivity contribution >= 4 is 31.7 Å². The second-order valence-electron chi connectivity index (χ2n) is 7.20. The molecule has 6 nitrogen and oxygen atoms in total. The van der Waals surface area contributed by atoms with Crippen molar-refractivity contribution in [2.24, 2.45) is 0 Å². The zero-order valence-electron chi connectivity index (χ0n) is 15.9. The Morgan fingerprint density at radius 1 is 1.18 bits per heavy atom. The summed E-state index contributed by atoms with van der Waals surface area (Å²) in [4.78, 5) is 25.2. The SMILES string of the molecule is Cc1cc(C)n(CC(=O)NC2CCCC2)c(=O)c1S(=O)(=O)c1ccc(Br)cc1. The van der Waals surface area contributed by atoms with Crippen molar-refractivity contribution in [2.75, 3.05) is 0 Å². The molecule has 1 fully saturated rings. The van der Waals surface area contributed by atoms with Gasteiger partial charge in [-0.15, -0.1) is 0 Å². The van der Waals surface area contributed by atoms with Crippen LogP contribution in [0.5, 0.6) is 0 Å². The van der Waals surface area contributed by atoms with Crippen LogP contribution in [0.3, 0.4) is 0 Å². The molecule has 1 aromatic carbocycles. The van der Waals surface area contributed by atoms with Gasteiger partial charge in [-0.3, -0.25) is 9.59 Å². The summed E-state index contributed by atoms with van der Waals surface area (Å²) in [5.74, 6) is -0.270. The molecule has 0 spiro atoms. The fourth-order valence-electron chi connectivity index (χ4n) is 3.65. The average Bonchev–Trinajstić information content (AvgIpc) is 3.11. The quantitative estimate of drug-likeness (QED) is 0.733. The van der Waals surface area contributed by atoms with E-state index in [1.54, 1.807) is 32.0 Å². The zero-order valence-corrected chi connectivity index (χ0v) is 18.3. The van der Waals surface area contributed by atoms with Gasteiger partial charge in [-0.25, -0.2) is 8.42 Å². The number of aryl methyl sites for hydroxylation is 2. The average molecular weight is 467 g/mol. The number of carbonyl (C=O) groups is 1. The van der Waals surface area contributed by atoms with Crippen LogP contribution in [0.2, 0.25) is 0 Å². The molecule has 0 saturated heterocycles. The molecule has 1 N–H and O–H groups in total. The van der Waals surface area contributed by atoms with Crippen LogP contribution in [0.4, 0.5) is 0 Å². The van der Waals surface area contributed by atoms with E-state index in [4.69, 9.17) is 0 Å². The first kappa shape index (κ1) is 20.8. The second kappa shape index (κ2) is 8.21. The van der Waals surface area contributed by atoms with E-state index in [1.165, 1.54) is 16.7 Å². The van der Waals surface area contributed by atoms with Crippen molar-refractivity contribution in [3.63, 3.8) is 0 Å². The molecule has 8 heteroatoms. The summed E-state index contributed by atoms with van der Waals surface area (Å²) in [6, 6.07) is 7.91. The van der Waals surface area contributed by atoms with E-state index >= 15 is 0 Å². The Morgan fingerprint density at radius 2 is 1.79 bits per heavy atom. The number of hydrogen-bond acceptors (Lipinski definition) is 4. The Hall–Kier alpha value is -1.93. The lowest BCUT2D eigenvalue weighted by Gasteiger charge is -2.16. The maximum atomic E-state index is 13.1. The van der Waals surface area contributed by atoms with Gasteiger partial charge in [-0.1, -0.05) is 28.8 Å². The van der Waals surface area contributed by atoms with E-state index in [0.717, 1.165) is 30.2 Å². The first-order valence-corrected chi connectivity index (χ1v) is 11.5. The Labute approximate surface area is 173 Å². The van der Waals surface area contributed by atoms with Gasteiger partial charge in [0.1, 0.15) is 11.4 Å². The molecular weight excluding hydrogens is 444 g/mol. The fourth-order valence-corrected chi connectivity index (χ4v) is 5.47. The van der Waals surface area contributed by atoms with Gasteiger partial charge in [0.15, 0.2) is 0 Å². The summed E-state index contributed by atoms with van der Waals surface area (Å²) in [5.41, 5.74) is 0.263. The number of amides is 1. The number of rotatable bonds is 5. The molecule has 0 bridgehead atoms. The molecular formula is C20H23BrN2O4S. The van der Waals surface area contributed by atoms with E-state index < -0.39 is 15.4 Å². The van der Waals surface area contributed by atoms with E-state index in [0.29, 0.717) is 11.3 Å². The smallest absolute Gasteiger partial charge is 0.270 e. The number of pyridine rings is 1. The molecule has 0 aliphatic heterocycles. The van der Waals surface area contributed by atoms with E-state index in [-0.39, 0.29) is 28.3 Å². The maximum absolute atomic E-state index is 13.1. The minimum Gasteiger partial charge on any atom is -0.352 e. The number of hydrogen-bond donors (Lipinski definition) is 1. The number of nitrogens with one attached hydrogen (secondary N) is 1. The van der Waals surface area contributed by atoms with Gasteiger partial charge in [0.05, 0.1) is 4.90 Å². The molecule has 0 unspecified atom stereocenters. The van der Waals surface area contributed by atoms with E-state index in [9.17, 15) is 18.0 Å². The number of halogens is 1. The molecule has 0 radical (unpaired) electrons. The standard InChI is InChI=1S/C20H23BrN2O4S/c1-13-11-14(2)23(12-18(24)22-16-5-3-4-6-16)20(25)19(13)28(26,27)17-9-7-15(21)8-10-17/h7-11,16H,3-6,12H2,1-2H3,(H,22,24). The lowest BCUT2D eigenvalue weighted by molar-refractivity contribution is -0.122. The van der Waals surface area contributed by atoms with E-state index in [1.807, 2.05) is 0 Å². The number of nitrogens with zero attached hydrogens (tertiary/aromatic N) is 1. The van der Waals surface area contributed by atoms with Gasteiger partial charge >= 0.3 is 0 Å². The number of sulfone groups is 1. The third kappa shape index (κ3) is 4.22. The molecule has 1 amide bonds. The minimum absolute atomic E-state index is 0.0433. The summed E-state index contributed by atoms with van der Waals surface area (Å²) < 4.78 is 28.2. The molecule has 2 aromatic rings. The summed E-state index contributed by atoms with van der Waals surface area (Å²) in [7, 11) is -4.00. The number of aromatic nitrogens is 1. The van der Waals surface area contributed by atoms with Crippen molar-refractivity contribution < 1.29 is 13.2 Å². The highest BCUT2D eigenvalue weighted by molar-refractivity contribution is 9.10. The molecule has 1 aliphatic rings. The molecule has 3 rings (SSSR count). The van der Waals surface area contributed by atoms with Crippen LogP contribution < -0.4 is 10.9 Å². The molecule has 1 aliphatic carbocycles. The predicted octanol–water partition coefficient (Wildman–Crippen LogP) is 3.12. The maximum Gasteiger partial charge on any atom is 0.270 e. The monoisotopic (exact) mass is 466 g/mol. The van der Waals surface area contributed by atoms with Gasteiger partial charge in [0, 0.05) is 16.2 Å². The van der Waals surface area contributed by atoms with Crippen LogP contribution >= 0.6 is 15.9 Å². The van der Waals surface area contributed by atoms with Gasteiger partial charge in [0.2, 0.25) is 15.7 Å². The number of benzene rings is 1. The van der Waals surface area contributed by atoms with Crippen molar-refractivity contribution in [2.45, 2.75) is 61.9 Å². The highest BCUT2D eigenvalue weighted by Gasteiger charge is 2.26. The largest absolute Gasteiger partial charge is 0.352 e. The summed E-state index contributed by atoms with van der Waals surface area (Å²) in [6.07, 6.45) is 4.06. The molecule has 150 valence electrons. The molecule has 0 atom stereocenters. The van der Waals surface area contributed by atoms with E-state index in [2.05, 4.69) is 21.2 Å². The summed E-state index contributed by atoms with van der Waals surface area (Å²) >= 11 is 3.28. The topological polar surface area (TPSA) is 85.2 Å². The first-order chi connectivity index (χ1) is 13.2. The predicted molar refractivity (Wildman–Crippen MR) is 110 cm³/mol. The van der Waals surface area contributed by atoms with Crippen LogP contribution in [-0.2, 0) is 21.2 Å². The van der Waals surface area contributed by atoms with Crippen molar-refractivity contribution in [1.82, 2.24) is 9.88 Å². The normalized spacial score (nSPS) is 15.0.